The van der Waals surface area contributed by atoms with E-state index in [-0.39, 0.29) is 5.54 Å². The van der Waals surface area contributed by atoms with Crippen LogP contribution in [-0.4, -0.2) is 37.7 Å². The number of rotatable bonds is 7. The zero-order valence-corrected chi connectivity index (χ0v) is 12.1. The maximum absolute atomic E-state index is 5.65. The van der Waals surface area contributed by atoms with Crippen LogP contribution in [0.15, 0.2) is 24.3 Å². The van der Waals surface area contributed by atoms with Gasteiger partial charge in [-0.2, -0.15) is 0 Å². The lowest BCUT2D eigenvalue weighted by atomic mass is 9.98. The monoisotopic (exact) mass is 250 g/mol. The number of ether oxygens (including phenoxy) is 1. The summed E-state index contributed by atoms with van der Waals surface area (Å²) in [6.45, 7) is 6.26. The quantitative estimate of drug-likeness (QED) is 0.807. The summed E-state index contributed by atoms with van der Waals surface area (Å²) in [5.41, 5.74) is 7.16. The van der Waals surface area contributed by atoms with Crippen molar-refractivity contribution in [2.24, 2.45) is 5.73 Å². The Kier molecular flexibility index (Phi) is 5.63. The van der Waals surface area contributed by atoms with Gasteiger partial charge in [-0.25, -0.2) is 0 Å². The maximum atomic E-state index is 5.65. The van der Waals surface area contributed by atoms with Crippen LogP contribution in [0, 0.1) is 0 Å². The van der Waals surface area contributed by atoms with Gasteiger partial charge in [0.25, 0.3) is 0 Å². The van der Waals surface area contributed by atoms with Crippen LogP contribution in [0.5, 0.6) is 5.75 Å². The smallest absolute Gasteiger partial charge is 0.118 e. The predicted molar refractivity (Wildman–Crippen MR) is 77.1 cm³/mol. The van der Waals surface area contributed by atoms with Crippen molar-refractivity contribution in [3.63, 3.8) is 0 Å². The molecule has 0 heterocycles. The Morgan fingerprint density at radius 1 is 1.22 bits per heavy atom. The molecule has 0 saturated heterocycles. The van der Waals surface area contributed by atoms with E-state index in [9.17, 15) is 0 Å². The molecule has 1 aromatic rings. The van der Waals surface area contributed by atoms with Gasteiger partial charge in [0, 0.05) is 12.1 Å². The Bertz CT molecular complexity index is 346. The SMILES string of the molecule is COc1ccc(CCN(C)C(C)(C)CCN)cc1. The van der Waals surface area contributed by atoms with E-state index in [1.807, 2.05) is 12.1 Å². The highest BCUT2D eigenvalue weighted by Gasteiger charge is 2.21. The fraction of sp³-hybridized carbons (Fsp3) is 0.600. The zero-order chi connectivity index (χ0) is 13.6. The minimum atomic E-state index is 0.168. The maximum Gasteiger partial charge on any atom is 0.118 e. The first-order valence-electron chi connectivity index (χ1n) is 6.54. The Morgan fingerprint density at radius 2 is 1.83 bits per heavy atom. The molecule has 0 atom stereocenters. The molecule has 0 saturated carbocycles. The molecule has 18 heavy (non-hydrogen) atoms. The van der Waals surface area contributed by atoms with Gasteiger partial charge >= 0.3 is 0 Å². The van der Waals surface area contributed by atoms with Crippen molar-refractivity contribution in [1.82, 2.24) is 4.90 Å². The van der Waals surface area contributed by atoms with Crippen LogP contribution in [0.4, 0.5) is 0 Å². The molecule has 3 nitrogen and oxygen atoms in total. The lowest BCUT2D eigenvalue weighted by molar-refractivity contribution is 0.150. The van der Waals surface area contributed by atoms with Gasteiger partial charge in [0.05, 0.1) is 7.11 Å². The van der Waals surface area contributed by atoms with Gasteiger partial charge in [0.1, 0.15) is 5.75 Å². The van der Waals surface area contributed by atoms with Crippen LogP contribution in [0.25, 0.3) is 0 Å². The summed E-state index contributed by atoms with van der Waals surface area (Å²) in [5, 5.41) is 0. The Labute approximate surface area is 111 Å². The van der Waals surface area contributed by atoms with Crippen LogP contribution < -0.4 is 10.5 Å². The molecular weight excluding hydrogens is 224 g/mol. The van der Waals surface area contributed by atoms with E-state index in [2.05, 4.69) is 37.9 Å². The van der Waals surface area contributed by atoms with Gasteiger partial charge in [-0.05, 0) is 58.0 Å². The molecule has 0 bridgehead atoms. The highest BCUT2D eigenvalue weighted by atomic mass is 16.5. The van der Waals surface area contributed by atoms with E-state index < -0.39 is 0 Å². The summed E-state index contributed by atoms with van der Waals surface area (Å²) in [7, 11) is 3.86. The first kappa shape index (κ1) is 15.0. The molecule has 0 aromatic heterocycles. The molecule has 102 valence electrons. The van der Waals surface area contributed by atoms with Crippen molar-refractivity contribution in [3.8, 4) is 5.75 Å². The highest BCUT2D eigenvalue weighted by molar-refractivity contribution is 5.27. The zero-order valence-electron chi connectivity index (χ0n) is 12.1. The topological polar surface area (TPSA) is 38.5 Å². The minimum absolute atomic E-state index is 0.168. The van der Waals surface area contributed by atoms with Crippen molar-refractivity contribution in [1.29, 1.82) is 0 Å². The Morgan fingerprint density at radius 3 is 2.33 bits per heavy atom. The lowest BCUT2D eigenvalue weighted by Gasteiger charge is -2.35. The van der Waals surface area contributed by atoms with Crippen LogP contribution in [0.2, 0.25) is 0 Å². The molecule has 1 aromatic carbocycles. The van der Waals surface area contributed by atoms with Gasteiger partial charge in [-0.1, -0.05) is 12.1 Å². The second kappa shape index (κ2) is 6.76. The molecule has 0 amide bonds. The fourth-order valence-corrected chi connectivity index (χ4v) is 1.94. The summed E-state index contributed by atoms with van der Waals surface area (Å²) in [6, 6.07) is 8.28. The Hall–Kier alpha value is -1.06. The standard InChI is InChI=1S/C15H26N2O/c1-15(2,10-11-16)17(3)12-9-13-5-7-14(18-4)8-6-13/h5-8H,9-12,16H2,1-4H3. The lowest BCUT2D eigenvalue weighted by Crippen LogP contribution is -2.43. The largest absolute Gasteiger partial charge is 0.497 e. The first-order valence-corrected chi connectivity index (χ1v) is 6.54. The molecule has 0 unspecified atom stereocenters. The van der Waals surface area contributed by atoms with Crippen molar-refractivity contribution in [2.45, 2.75) is 32.2 Å². The van der Waals surface area contributed by atoms with Gasteiger partial charge in [-0.15, -0.1) is 0 Å². The highest BCUT2D eigenvalue weighted by Crippen LogP contribution is 2.17. The van der Waals surface area contributed by atoms with E-state index in [4.69, 9.17) is 10.5 Å². The number of nitrogens with two attached hydrogens (primary N) is 1. The van der Waals surface area contributed by atoms with Gasteiger partial charge < -0.3 is 15.4 Å². The number of methoxy groups -OCH3 is 1. The van der Waals surface area contributed by atoms with Gasteiger partial charge in [0.2, 0.25) is 0 Å². The van der Waals surface area contributed by atoms with Crippen LogP contribution in [0.3, 0.4) is 0 Å². The van der Waals surface area contributed by atoms with Crippen LogP contribution in [0.1, 0.15) is 25.8 Å². The second-order valence-corrected chi connectivity index (χ2v) is 5.37. The van der Waals surface area contributed by atoms with Crippen molar-refractivity contribution < 1.29 is 4.74 Å². The third kappa shape index (κ3) is 4.31. The summed E-state index contributed by atoms with van der Waals surface area (Å²) >= 11 is 0. The third-order valence-corrected chi connectivity index (χ3v) is 3.68. The van der Waals surface area contributed by atoms with E-state index in [0.717, 1.165) is 31.7 Å². The van der Waals surface area contributed by atoms with Crippen LogP contribution >= 0.6 is 0 Å². The molecule has 1 rings (SSSR count). The van der Waals surface area contributed by atoms with E-state index in [1.54, 1.807) is 7.11 Å². The second-order valence-electron chi connectivity index (χ2n) is 5.37. The van der Waals surface area contributed by atoms with E-state index in [0.29, 0.717) is 0 Å². The third-order valence-electron chi connectivity index (χ3n) is 3.68. The predicted octanol–water partition coefficient (Wildman–Crippen LogP) is 2.30. The van der Waals surface area contributed by atoms with Crippen molar-refractivity contribution in [3.05, 3.63) is 29.8 Å². The van der Waals surface area contributed by atoms with Gasteiger partial charge in [0.15, 0.2) is 0 Å². The first-order chi connectivity index (χ1) is 8.49. The molecule has 3 heteroatoms. The van der Waals surface area contributed by atoms with Gasteiger partial charge in [-0.3, -0.25) is 0 Å². The van der Waals surface area contributed by atoms with Crippen molar-refractivity contribution >= 4 is 0 Å². The summed E-state index contributed by atoms with van der Waals surface area (Å²) in [4.78, 5) is 2.38. The number of nitrogens with zero attached hydrogens (tertiary/aromatic N) is 1. The molecule has 0 aliphatic rings. The molecule has 0 spiro atoms. The average molecular weight is 250 g/mol. The fourth-order valence-electron chi connectivity index (χ4n) is 1.94. The summed E-state index contributed by atoms with van der Waals surface area (Å²) in [6.07, 6.45) is 2.07. The molecule has 2 N–H and O–H groups in total. The molecule has 0 radical (unpaired) electrons. The number of hydrogen-bond donors (Lipinski definition) is 1. The Balaban J connectivity index is 2.48. The normalized spacial score (nSPS) is 11.9. The number of hydrogen-bond acceptors (Lipinski definition) is 3. The number of benzene rings is 1. The molecule has 0 aliphatic heterocycles. The summed E-state index contributed by atoms with van der Waals surface area (Å²) in [5.74, 6) is 0.913. The van der Waals surface area contributed by atoms with E-state index >= 15 is 0 Å². The number of likely N-dealkylation sites (N-methyl/N-ethyl adjacent to an activating group) is 1. The molecule has 0 aliphatic carbocycles. The summed E-state index contributed by atoms with van der Waals surface area (Å²) < 4.78 is 5.16. The van der Waals surface area contributed by atoms with E-state index in [1.165, 1.54) is 5.56 Å². The molecule has 0 fully saturated rings. The average Bonchev–Trinajstić information content (AvgIpc) is 2.36. The van der Waals surface area contributed by atoms with Crippen LogP contribution in [-0.2, 0) is 6.42 Å². The molecular formula is C15H26N2O. The minimum Gasteiger partial charge on any atom is -0.497 e. The van der Waals surface area contributed by atoms with Crippen molar-refractivity contribution in [2.75, 3.05) is 27.2 Å².